The summed E-state index contributed by atoms with van der Waals surface area (Å²) in [4.78, 5) is 7.93. The van der Waals surface area contributed by atoms with Gasteiger partial charge in [-0.15, -0.1) is 0 Å². The van der Waals surface area contributed by atoms with E-state index in [9.17, 15) is 0 Å². The van der Waals surface area contributed by atoms with Gasteiger partial charge < -0.3 is 5.32 Å². The summed E-state index contributed by atoms with van der Waals surface area (Å²) in [5, 5.41) is 3.52. The third-order valence-corrected chi connectivity index (χ3v) is 3.07. The largest absolute Gasteiger partial charge is 0.363 e. The number of nitrogens with zero attached hydrogens (tertiary/aromatic N) is 2. The highest BCUT2D eigenvalue weighted by Gasteiger charge is 2.06. The highest BCUT2D eigenvalue weighted by atomic mass is 79.9. The average Bonchev–Trinajstić information content (AvgIpc) is 2.29. The SMILES string of the molecule is CC(Nc1ccnc(Cl)n1)c1ccc(Br)cc1. The van der Waals surface area contributed by atoms with Gasteiger partial charge in [-0.05, 0) is 42.3 Å². The van der Waals surface area contributed by atoms with Crippen molar-refractivity contribution in [2.75, 3.05) is 5.32 Å². The van der Waals surface area contributed by atoms with Crippen molar-refractivity contribution in [2.24, 2.45) is 0 Å². The highest BCUT2D eigenvalue weighted by molar-refractivity contribution is 9.10. The lowest BCUT2D eigenvalue weighted by Gasteiger charge is -2.14. The quantitative estimate of drug-likeness (QED) is 0.868. The maximum atomic E-state index is 5.73. The molecular formula is C12H11BrClN3. The monoisotopic (exact) mass is 311 g/mol. The minimum absolute atomic E-state index is 0.161. The maximum absolute atomic E-state index is 5.73. The van der Waals surface area contributed by atoms with Crippen LogP contribution in [0.1, 0.15) is 18.5 Å². The molecule has 1 heterocycles. The van der Waals surface area contributed by atoms with Crippen molar-refractivity contribution in [3.05, 3.63) is 51.8 Å². The summed E-state index contributed by atoms with van der Waals surface area (Å²) >= 11 is 9.14. The fourth-order valence-electron chi connectivity index (χ4n) is 1.47. The molecule has 0 aliphatic heterocycles. The Labute approximate surface area is 113 Å². The second kappa shape index (κ2) is 5.47. The Balaban J connectivity index is 2.11. The second-order valence-electron chi connectivity index (χ2n) is 3.63. The van der Waals surface area contributed by atoms with Crippen LogP contribution in [0.15, 0.2) is 41.0 Å². The van der Waals surface area contributed by atoms with Crippen molar-refractivity contribution in [3.8, 4) is 0 Å². The molecule has 5 heteroatoms. The highest BCUT2D eigenvalue weighted by Crippen LogP contribution is 2.20. The fraction of sp³-hybridized carbons (Fsp3) is 0.167. The number of nitrogens with one attached hydrogen (secondary N) is 1. The lowest BCUT2D eigenvalue weighted by Crippen LogP contribution is -2.07. The predicted octanol–water partition coefficient (Wildman–Crippen LogP) is 4.07. The van der Waals surface area contributed by atoms with Crippen LogP contribution in [0.4, 0.5) is 5.82 Å². The Morgan fingerprint density at radius 3 is 2.59 bits per heavy atom. The van der Waals surface area contributed by atoms with E-state index in [-0.39, 0.29) is 11.3 Å². The molecule has 1 aromatic carbocycles. The van der Waals surface area contributed by atoms with Gasteiger partial charge in [-0.25, -0.2) is 9.97 Å². The molecular weight excluding hydrogens is 302 g/mol. The van der Waals surface area contributed by atoms with E-state index in [2.05, 4.69) is 50.3 Å². The Hall–Kier alpha value is -1.13. The van der Waals surface area contributed by atoms with Crippen molar-refractivity contribution >= 4 is 33.3 Å². The van der Waals surface area contributed by atoms with Crippen LogP contribution < -0.4 is 5.32 Å². The van der Waals surface area contributed by atoms with Gasteiger partial charge >= 0.3 is 0 Å². The minimum Gasteiger partial charge on any atom is -0.363 e. The molecule has 0 radical (unpaired) electrons. The van der Waals surface area contributed by atoms with Crippen molar-refractivity contribution in [1.29, 1.82) is 0 Å². The summed E-state index contributed by atoms with van der Waals surface area (Å²) in [5.74, 6) is 0.723. The third-order valence-electron chi connectivity index (χ3n) is 2.36. The molecule has 2 aromatic rings. The van der Waals surface area contributed by atoms with Crippen molar-refractivity contribution < 1.29 is 0 Å². The summed E-state index contributed by atoms with van der Waals surface area (Å²) < 4.78 is 1.07. The first kappa shape index (κ1) is 12.3. The number of aromatic nitrogens is 2. The molecule has 88 valence electrons. The van der Waals surface area contributed by atoms with Gasteiger partial charge in [-0.2, -0.15) is 0 Å². The van der Waals surface area contributed by atoms with Gasteiger partial charge in [0.2, 0.25) is 5.28 Å². The minimum atomic E-state index is 0.161. The van der Waals surface area contributed by atoms with Gasteiger partial charge in [0, 0.05) is 16.7 Å². The van der Waals surface area contributed by atoms with Crippen molar-refractivity contribution in [1.82, 2.24) is 9.97 Å². The van der Waals surface area contributed by atoms with Gasteiger partial charge in [0.05, 0.1) is 0 Å². The molecule has 1 atom stereocenters. The van der Waals surface area contributed by atoms with E-state index >= 15 is 0 Å². The summed E-state index contributed by atoms with van der Waals surface area (Å²) in [6, 6.07) is 10.1. The lowest BCUT2D eigenvalue weighted by atomic mass is 10.1. The smallest absolute Gasteiger partial charge is 0.224 e. The van der Waals surface area contributed by atoms with Gasteiger partial charge in [-0.1, -0.05) is 28.1 Å². The molecule has 0 aliphatic carbocycles. The summed E-state index contributed by atoms with van der Waals surface area (Å²) in [5.41, 5.74) is 1.18. The van der Waals surface area contributed by atoms with E-state index in [0.717, 1.165) is 10.3 Å². The van der Waals surface area contributed by atoms with Crippen LogP contribution in [0.2, 0.25) is 5.28 Å². The number of benzene rings is 1. The molecule has 0 bridgehead atoms. The summed E-state index contributed by atoms with van der Waals surface area (Å²) in [6.45, 7) is 2.07. The molecule has 0 saturated heterocycles. The van der Waals surface area contributed by atoms with Gasteiger partial charge in [0.15, 0.2) is 0 Å². The molecule has 3 nitrogen and oxygen atoms in total. The van der Waals surface area contributed by atoms with E-state index in [4.69, 9.17) is 11.6 Å². The van der Waals surface area contributed by atoms with Crippen LogP contribution in [0.5, 0.6) is 0 Å². The first-order valence-electron chi connectivity index (χ1n) is 5.16. The van der Waals surface area contributed by atoms with Gasteiger partial charge in [-0.3, -0.25) is 0 Å². The van der Waals surface area contributed by atoms with Crippen molar-refractivity contribution in [2.45, 2.75) is 13.0 Å². The molecule has 0 amide bonds. The molecule has 0 fully saturated rings. The number of hydrogen-bond acceptors (Lipinski definition) is 3. The first-order chi connectivity index (χ1) is 8.15. The number of rotatable bonds is 3. The van der Waals surface area contributed by atoms with E-state index in [1.165, 1.54) is 5.56 Å². The zero-order valence-electron chi connectivity index (χ0n) is 9.19. The van der Waals surface area contributed by atoms with Crippen LogP contribution >= 0.6 is 27.5 Å². The van der Waals surface area contributed by atoms with Crippen LogP contribution in [0.3, 0.4) is 0 Å². The van der Waals surface area contributed by atoms with E-state index in [0.29, 0.717) is 0 Å². The Bertz CT molecular complexity index is 501. The van der Waals surface area contributed by atoms with E-state index in [1.807, 2.05) is 12.1 Å². The molecule has 1 N–H and O–H groups in total. The van der Waals surface area contributed by atoms with Gasteiger partial charge in [0.25, 0.3) is 0 Å². The second-order valence-corrected chi connectivity index (χ2v) is 4.88. The molecule has 0 aliphatic rings. The fourth-order valence-corrected chi connectivity index (χ4v) is 1.88. The predicted molar refractivity (Wildman–Crippen MR) is 73.2 cm³/mol. The van der Waals surface area contributed by atoms with Gasteiger partial charge in [0.1, 0.15) is 5.82 Å². The Morgan fingerprint density at radius 1 is 1.24 bits per heavy atom. The lowest BCUT2D eigenvalue weighted by molar-refractivity contribution is 0.871. The number of hydrogen-bond donors (Lipinski definition) is 1. The molecule has 0 spiro atoms. The molecule has 0 saturated carbocycles. The standard InChI is InChI=1S/C12H11BrClN3/c1-8(9-2-4-10(13)5-3-9)16-11-6-7-15-12(14)17-11/h2-8H,1H3,(H,15,16,17). The molecule has 2 rings (SSSR count). The summed E-state index contributed by atoms with van der Waals surface area (Å²) in [6.07, 6.45) is 1.63. The normalized spacial score (nSPS) is 12.2. The molecule has 17 heavy (non-hydrogen) atoms. The first-order valence-corrected chi connectivity index (χ1v) is 6.33. The average molecular weight is 313 g/mol. The zero-order chi connectivity index (χ0) is 12.3. The number of halogens is 2. The zero-order valence-corrected chi connectivity index (χ0v) is 11.5. The van der Waals surface area contributed by atoms with Crippen LogP contribution in [0, 0.1) is 0 Å². The topological polar surface area (TPSA) is 37.8 Å². The Kier molecular flexibility index (Phi) is 3.97. The molecule has 1 aromatic heterocycles. The van der Waals surface area contributed by atoms with Crippen LogP contribution in [0.25, 0.3) is 0 Å². The number of anilines is 1. The van der Waals surface area contributed by atoms with Crippen molar-refractivity contribution in [3.63, 3.8) is 0 Å². The van der Waals surface area contributed by atoms with E-state index < -0.39 is 0 Å². The Morgan fingerprint density at radius 2 is 1.94 bits per heavy atom. The van der Waals surface area contributed by atoms with Crippen LogP contribution in [-0.4, -0.2) is 9.97 Å². The summed E-state index contributed by atoms with van der Waals surface area (Å²) in [7, 11) is 0. The maximum Gasteiger partial charge on any atom is 0.224 e. The third kappa shape index (κ3) is 3.41. The van der Waals surface area contributed by atoms with E-state index in [1.54, 1.807) is 12.3 Å². The molecule has 1 unspecified atom stereocenters. The van der Waals surface area contributed by atoms with Crippen LogP contribution in [-0.2, 0) is 0 Å².